The zero-order valence-electron chi connectivity index (χ0n) is 13.9. The summed E-state index contributed by atoms with van der Waals surface area (Å²) in [5.41, 5.74) is 1.08. The molecule has 6 nitrogen and oxygen atoms in total. The highest BCUT2D eigenvalue weighted by atomic mass is 32.1. The summed E-state index contributed by atoms with van der Waals surface area (Å²) in [4.78, 5) is 32.4. The highest BCUT2D eigenvalue weighted by molar-refractivity contribution is 7.12. The van der Waals surface area contributed by atoms with Crippen molar-refractivity contribution in [1.29, 1.82) is 0 Å². The van der Waals surface area contributed by atoms with Crippen molar-refractivity contribution in [2.75, 3.05) is 0 Å². The smallest absolute Gasteiger partial charge is 0.351 e. The molecule has 0 aliphatic rings. The number of fused-ring (bicyclic) bond motifs is 1. The minimum Gasteiger partial charge on any atom is -0.450 e. The van der Waals surface area contributed by atoms with Crippen LogP contribution in [0.2, 0.25) is 0 Å². The highest BCUT2D eigenvalue weighted by Crippen LogP contribution is 2.25. The van der Waals surface area contributed by atoms with E-state index in [2.05, 4.69) is 9.97 Å². The third-order valence-electron chi connectivity index (χ3n) is 4.01. The van der Waals surface area contributed by atoms with Gasteiger partial charge in [0, 0.05) is 12.4 Å². The van der Waals surface area contributed by atoms with Crippen LogP contribution in [0.1, 0.15) is 28.5 Å². The number of carbonyl (C=O) groups excluding carboxylic acids is 1. The SMILES string of the molecule is C[C@H](OC(=O)c1sccc1-n1cccc1)c1nc2ccccc2c(=O)[nH]1. The molecule has 4 rings (SSSR count). The van der Waals surface area contributed by atoms with Crippen molar-refractivity contribution < 1.29 is 9.53 Å². The largest absolute Gasteiger partial charge is 0.450 e. The molecule has 1 aromatic carbocycles. The van der Waals surface area contributed by atoms with Crippen molar-refractivity contribution in [3.63, 3.8) is 0 Å². The maximum absolute atomic E-state index is 12.6. The minimum atomic E-state index is -0.681. The van der Waals surface area contributed by atoms with Gasteiger partial charge in [-0.3, -0.25) is 4.79 Å². The van der Waals surface area contributed by atoms with Crippen LogP contribution < -0.4 is 5.56 Å². The summed E-state index contributed by atoms with van der Waals surface area (Å²) >= 11 is 1.31. The van der Waals surface area contributed by atoms with E-state index in [-0.39, 0.29) is 5.56 Å². The molecule has 0 bridgehead atoms. The fourth-order valence-corrected chi connectivity index (χ4v) is 3.49. The normalized spacial score (nSPS) is 12.2. The number of hydrogen-bond donors (Lipinski definition) is 1. The summed E-state index contributed by atoms with van der Waals surface area (Å²) in [5, 5.41) is 2.34. The lowest BCUT2D eigenvalue weighted by atomic mass is 10.2. The number of rotatable bonds is 4. The molecule has 3 aromatic heterocycles. The van der Waals surface area contributed by atoms with E-state index in [0.29, 0.717) is 21.6 Å². The van der Waals surface area contributed by atoms with Crippen LogP contribution in [-0.2, 0) is 4.74 Å². The molecule has 0 saturated carbocycles. The Bertz CT molecular complexity index is 1130. The van der Waals surface area contributed by atoms with Crippen LogP contribution in [0, 0.1) is 0 Å². The van der Waals surface area contributed by atoms with Gasteiger partial charge in [-0.2, -0.15) is 0 Å². The van der Waals surface area contributed by atoms with E-state index in [9.17, 15) is 9.59 Å². The maximum Gasteiger partial charge on any atom is 0.351 e. The molecular formula is C19H15N3O3S. The highest BCUT2D eigenvalue weighted by Gasteiger charge is 2.21. The summed E-state index contributed by atoms with van der Waals surface area (Å²) in [6.45, 7) is 1.69. The summed E-state index contributed by atoms with van der Waals surface area (Å²) in [5.74, 6) is -0.131. The van der Waals surface area contributed by atoms with E-state index in [1.54, 1.807) is 25.1 Å². The topological polar surface area (TPSA) is 77.0 Å². The molecule has 1 N–H and O–H groups in total. The van der Waals surface area contributed by atoms with Crippen molar-refractivity contribution in [2.24, 2.45) is 0 Å². The predicted molar refractivity (Wildman–Crippen MR) is 99.8 cm³/mol. The van der Waals surface area contributed by atoms with Gasteiger partial charge in [-0.05, 0) is 42.6 Å². The first-order chi connectivity index (χ1) is 12.6. The van der Waals surface area contributed by atoms with Gasteiger partial charge in [0.1, 0.15) is 4.88 Å². The number of thiophene rings is 1. The fourth-order valence-electron chi connectivity index (χ4n) is 2.72. The van der Waals surface area contributed by atoms with E-state index in [1.807, 2.05) is 46.6 Å². The Balaban J connectivity index is 1.61. The molecule has 4 aromatic rings. The standard InChI is InChI=1S/C19H15N3O3S/c1-12(17-20-14-7-3-2-6-13(14)18(23)21-17)25-19(24)16-15(8-11-26-16)22-9-4-5-10-22/h2-12H,1H3,(H,20,21,23)/t12-/m0/s1. The summed E-state index contributed by atoms with van der Waals surface area (Å²) < 4.78 is 7.40. The van der Waals surface area contributed by atoms with Gasteiger partial charge in [-0.1, -0.05) is 12.1 Å². The average Bonchev–Trinajstić information content (AvgIpc) is 3.32. The number of ether oxygens (including phenoxy) is 1. The van der Waals surface area contributed by atoms with Gasteiger partial charge in [-0.15, -0.1) is 11.3 Å². The molecule has 0 radical (unpaired) electrons. The Morgan fingerprint density at radius 2 is 1.96 bits per heavy atom. The number of benzene rings is 1. The van der Waals surface area contributed by atoms with E-state index in [0.717, 1.165) is 5.69 Å². The van der Waals surface area contributed by atoms with E-state index in [4.69, 9.17) is 4.74 Å². The molecule has 1 atom stereocenters. The van der Waals surface area contributed by atoms with Crippen molar-refractivity contribution in [2.45, 2.75) is 13.0 Å². The molecule has 0 spiro atoms. The summed E-state index contributed by atoms with van der Waals surface area (Å²) in [7, 11) is 0. The minimum absolute atomic E-state index is 0.252. The Labute approximate surface area is 152 Å². The molecule has 0 aliphatic heterocycles. The number of aromatic nitrogens is 3. The molecular weight excluding hydrogens is 350 g/mol. The van der Waals surface area contributed by atoms with Crippen LogP contribution in [0.5, 0.6) is 0 Å². The van der Waals surface area contributed by atoms with E-state index in [1.165, 1.54) is 11.3 Å². The third kappa shape index (κ3) is 2.93. The first kappa shape index (κ1) is 16.3. The zero-order valence-corrected chi connectivity index (χ0v) is 14.7. The Morgan fingerprint density at radius 3 is 2.77 bits per heavy atom. The number of esters is 1. The number of nitrogens with zero attached hydrogens (tertiary/aromatic N) is 2. The van der Waals surface area contributed by atoms with Gasteiger partial charge in [-0.25, -0.2) is 9.78 Å². The van der Waals surface area contributed by atoms with Gasteiger partial charge in [0.15, 0.2) is 11.9 Å². The van der Waals surface area contributed by atoms with Crippen molar-refractivity contribution in [3.8, 4) is 5.69 Å². The van der Waals surface area contributed by atoms with Gasteiger partial charge in [0.2, 0.25) is 0 Å². The lowest BCUT2D eigenvalue weighted by Gasteiger charge is -2.13. The number of carbonyl (C=O) groups is 1. The second-order valence-corrected chi connectivity index (χ2v) is 6.66. The Hall–Kier alpha value is -3.19. The van der Waals surface area contributed by atoms with Crippen LogP contribution in [0.25, 0.3) is 16.6 Å². The summed E-state index contributed by atoms with van der Waals surface area (Å²) in [6, 6.07) is 12.7. The monoisotopic (exact) mass is 365 g/mol. The van der Waals surface area contributed by atoms with E-state index < -0.39 is 12.1 Å². The van der Waals surface area contributed by atoms with Crippen LogP contribution in [0.3, 0.4) is 0 Å². The summed E-state index contributed by atoms with van der Waals surface area (Å²) in [6.07, 6.45) is 3.05. The molecule has 0 unspecified atom stereocenters. The van der Waals surface area contributed by atoms with Gasteiger partial charge in [0.25, 0.3) is 5.56 Å². The van der Waals surface area contributed by atoms with Crippen molar-refractivity contribution in [1.82, 2.24) is 14.5 Å². The second kappa shape index (κ2) is 6.61. The van der Waals surface area contributed by atoms with Crippen molar-refractivity contribution in [3.05, 3.63) is 81.3 Å². The molecule has 130 valence electrons. The first-order valence-corrected chi connectivity index (χ1v) is 8.92. The number of H-pyrrole nitrogens is 1. The average molecular weight is 365 g/mol. The van der Waals surface area contributed by atoms with Crippen LogP contribution in [0.4, 0.5) is 0 Å². The molecule has 0 saturated heterocycles. The lowest BCUT2D eigenvalue weighted by molar-refractivity contribution is 0.0326. The number of para-hydroxylation sites is 1. The predicted octanol–water partition coefficient (Wildman–Crippen LogP) is 3.69. The third-order valence-corrected chi connectivity index (χ3v) is 4.90. The number of aromatic amines is 1. The lowest BCUT2D eigenvalue weighted by Crippen LogP contribution is -2.17. The number of nitrogens with one attached hydrogen (secondary N) is 1. The van der Waals surface area contributed by atoms with Crippen molar-refractivity contribution >= 4 is 28.2 Å². The fraction of sp³-hybridized carbons (Fsp3) is 0.105. The second-order valence-electron chi connectivity index (χ2n) is 5.74. The van der Waals surface area contributed by atoms with Gasteiger partial charge in [0.05, 0.1) is 16.6 Å². The van der Waals surface area contributed by atoms with Crippen LogP contribution in [-0.4, -0.2) is 20.5 Å². The number of hydrogen-bond acceptors (Lipinski definition) is 5. The molecule has 3 heterocycles. The molecule has 0 amide bonds. The Kier molecular flexibility index (Phi) is 4.14. The Morgan fingerprint density at radius 1 is 1.19 bits per heavy atom. The van der Waals surface area contributed by atoms with Crippen LogP contribution in [0.15, 0.2) is 65.0 Å². The maximum atomic E-state index is 12.6. The molecule has 7 heteroatoms. The van der Waals surface area contributed by atoms with Crippen LogP contribution >= 0.6 is 11.3 Å². The van der Waals surface area contributed by atoms with E-state index >= 15 is 0 Å². The van der Waals surface area contributed by atoms with Gasteiger partial charge >= 0.3 is 5.97 Å². The molecule has 0 fully saturated rings. The zero-order chi connectivity index (χ0) is 18.1. The quantitative estimate of drug-likeness (QED) is 0.560. The molecule has 0 aliphatic carbocycles. The van der Waals surface area contributed by atoms with Gasteiger partial charge < -0.3 is 14.3 Å². The first-order valence-electron chi connectivity index (χ1n) is 8.04. The molecule has 26 heavy (non-hydrogen) atoms.